The van der Waals surface area contributed by atoms with E-state index in [-0.39, 0.29) is 28.7 Å². The summed E-state index contributed by atoms with van der Waals surface area (Å²) in [6.07, 6.45) is 9.68. The van der Waals surface area contributed by atoms with Crippen LogP contribution in [0.5, 0.6) is 5.75 Å². The molecule has 1 saturated carbocycles. The van der Waals surface area contributed by atoms with Crippen molar-refractivity contribution in [2.24, 2.45) is 0 Å². The quantitative estimate of drug-likeness (QED) is 0.323. The topological polar surface area (TPSA) is 114 Å². The molecule has 1 aliphatic heterocycles. The van der Waals surface area contributed by atoms with Crippen molar-refractivity contribution in [1.82, 2.24) is 45.7 Å². The molecule has 0 bridgehead atoms. The number of nitrogens with one attached hydrogen (secondary N) is 3. The average Bonchev–Trinajstić information content (AvgIpc) is 3.28. The molecule has 190 valence electrons. The Morgan fingerprint density at radius 1 is 1.24 bits per heavy atom. The Morgan fingerprint density at radius 2 is 2.11 bits per heavy atom. The van der Waals surface area contributed by atoms with Crippen LogP contribution in [0.25, 0.3) is 11.3 Å². The Bertz CT molecular complexity index is 1530. The molecule has 0 radical (unpaired) electrons. The molecule has 0 atom stereocenters. The van der Waals surface area contributed by atoms with Gasteiger partial charge < -0.3 is 14.5 Å². The smallest absolute Gasteiger partial charge is 0.270 e. The van der Waals surface area contributed by atoms with E-state index < -0.39 is 11.7 Å². The Hall–Kier alpha value is -4.16. The van der Waals surface area contributed by atoms with Gasteiger partial charge in [-0.1, -0.05) is 22.9 Å². The highest BCUT2D eigenvalue weighted by atomic mass is 35.5. The molecule has 6 rings (SSSR count). The maximum atomic E-state index is 15.1. The predicted molar refractivity (Wildman–Crippen MR) is 132 cm³/mol. The third kappa shape index (κ3) is 4.68. The molecule has 1 aliphatic carbocycles. The third-order valence-corrected chi connectivity index (χ3v) is 6.48. The van der Waals surface area contributed by atoms with Crippen LogP contribution in [0.15, 0.2) is 54.8 Å². The molecule has 1 aromatic carbocycles. The van der Waals surface area contributed by atoms with Crippen molar-refractivity contribution in [3.05, 3.63) is 82.5 Å². The Morgan fingerprint density at radius 3 is 2.86 bits per heavy atom. The summed E-state index contributed by atoms with van der Waals surface area (Å²) in [7, 11) is 1.37. The summed E-state index contributed by atoms with van der Waals surface area (Å²) in [4.78, 5) is 17.5. The standard InChI is InChI=1S/C24H23ClFN9O2/c1-37-20-6-5-19(35-13-21(25)30-32-35)17(23(20)26)8-27-24(36)18-12-34(31-29-18)11-16-10-33-9-15(14-2-3-14)4-7-22(33)28-16/h4-7,9-10,12-14,29,31H,2-3,8,11H2,1H3,(H,27,36). The van der Waals surface area contributed by atoms with Gasteiger partial charge in [0, 0.05) is 30.7 Å². The van der Waals surface area contributed by atoms with Crippen molar-refractivity contribution in [2.45, 2.75) is 31.8 Å². The number of hydrogen-bond acceptors (Lipinski definition) is 8. The molecule has 0 spiro atoms. The lowest BCUT2D eigenvalue weighted by Gasteiger charge is -2.14. The monoisotopic (exact) mass is 523 g/mol. The Kier molecular flexibility index (Phi) is 5.89. The largest absolute Gasteiger partial charge is 0.494 e. The number of rotatable bonds is 8. The van der Waals surface area contributed by atoms with Crippen molar-refractivity contribution < 1.29 is 13.9 Å². The Balaban J connectivity index is 1.14. The second kappa shape index (κ2) is 9.37. The van der Waals surface area contributed by atoms with Gasteiger partial charge in [-0.15, -0.1) is 10.6 Å². The summed E-state index contributed by atoms with van der Waals surface area (Å²) in [6.45, 7) is 0.315. The van der Waals surface area contributed by atoms with Gasteiger partial charge in [0.25, 0.3) is 5.91 Å². The fourth-order valence-corrected chi connectivity index (χ4v) is 4.40. The maximum absolute atomic E-state index is 15.1. The van der Waals surface area contributed by atoms with E-state index in [1.54, 1.807) is 17.3 Å². The number of aromatic nitrogens is 5. The number of carbonyl (C=O) groups excluding carboxylic acids is 1. The predicted octanol–water partition coefficient (Wildman–Crippen LogP) is 2.58. The van der Waals surface area contributed by atoms with E-state index in [4.69, 9.17) is 16.3 Å². The zero-order valence-electron chi connectivity index (χ0n) is 19.8. The summed E-state index contributed by atoms with van der Waals surface area (Å²) < 4.78 is 23.6. The van der Waals surface area contributed by atoms with Crippen LogP contribution in [-0.4, -0.2) is 42.4 Å². The van der Waals surface area contributed by atoms with Crippen molar-refractivity contribution in [3.8, 4) is 11.4 Å². The van der Waals surface area contributed by atoms with Gasteiger partial charge in [-0.3, -0.25) is 15.2 Å². The number of fused-ring (bicyclic) bond motifs is 1. The maximum Gasteiger partial charge on any atom is 0.270 e. The van der Waals surface area contributed by atoms with E-state index in [1.807, 2.05) is 16.7 Å². The molecule has 0 saturated heterocycles. The fourth-order valence-electron chi connectivity index (χ4n) is 4.28. The molecule has 4 aromatic rings. The third-order valence-electron chi connectivity index (χ3n) is 6.31. The SMILES string of the molecule is COc1ccc(-n2cc(Cl)nn2)c(CNC(=O)C2=CN(Cc3cn4cc(C5CC5)ccc4n3)NN2)c1F. The van der Waals surface area contributed by atoms with Gasteiger partial charge in [0.1, 0.15) is 11.3 Å². The number of methoxy groups -OCH3 is 1. The van der Waals surface area contributed by atoms with Gasteiger partial charge in [-0.2, -0.15) is 0 Å². The first-order chi connectivity index (χ1) is 18.0. The van der Waals surface area contributed by atoms with Gasteiger partial charge in [0.05, 0.1) is 31.2 Å². The molecular formula is C24H23ClFN9O2. The van der Waals surface area contributed by atoms with Crippen LogP contribution >= 0.6 is 11.6 Å². The molecule has 3 aromatic heterocycles. The van der Waals surface area contributed by atoms with Gasteiger partial charge in [0.2, 0.25) is 0 Å². The number of halogens is 2. The number of nitrogens with zero attached hydrogens (tertiary/aromatic N) is 6. The van der Waals surface area contributed by atoms with Crippen molar-refractivity contribution in [3.63, 3.8) is 0 Å². The van der Waals surface area contributed by atoms with Crippen LogP contribution in [0, 0.1) is 5.82 Å². The summed E-state index contributed by atoms with van der Waals surface area (Å²) in [6, 6.07) is 7.25. The summed E-state index contributed by atoms with van der Waals surface area (Å²) in [5.41, 5.74) is 9.65. The number of carbonyl (C=O) groups is 1. The first kappa shape index (κ1) is 23.3. The number of pyridine rings is 1. The van der Waals surface area contributed by atoms with Crippen LogP contribution < -0.4 is 21.0 Å². The number of hydrogen-bond donors (Lipinski definition) is 3. The van der Waals surface area contributed by atoms with Crippen LogP contribution in [-0.2, 0) is 17.9 Å². The van der Waals surface area contributed by atoms with E-state index >= 15 is 4.39 Å². The molecule has 3 N–H and O–H groups in total. The molecule has 2 aliphatic rings. The van der Waals surface area contributed by atoms with Gasteiger partial charge in [-0.05, 0) is 42.5 Å². The summed E-state index contributed by atoms with van der Waals surface area (Å²) >= 11 is 5.88. The number of amides is 1. The zero-order valence-corrected chi connectivity index (χ0v) is 20.5. The molecular weight excluding hydrogens is 501 g/mol. The first-order valence-electron chi connectivity index (χ1n) is 11.7. The van der Waals surface area contributed by atoms with Crippen molar-refractivity contribution in [1.29, 1.82) is 0 Å². The summed E-state index contributed by atoms with van der Waals surface area (Å²) in [5, 5.41) is 12.2. The highest BCUT2D eigenvalue weighted by Gasteiger charge is 2.24. The van der Waals surface area contributed by atoms with E-state index in [2.05, 4.69) is 43.8 Å². The van der Waals surface area contributed by atoms with Gasteiger partial charge >= 0.3 is 0 Å². The second-order valence-corrected chi connectivity index (χ2v) is 9.28. The normalized spacial score (nSPS) is 15.1. The first-order valence-corrected chi connectivity index (χ1v) is 12.1. The number of hydrazine groups is 2. The van der Waals surface area contributed by atoms with E-state index in [0.29, 0.717) is 18.2 Å². The minimum atomic E-state index is -0.614. The van der Waals surface area contributed by atoms with Gasteiger partial charge in [0.15, 0.2) is 16.7 Å². The highest BCUT2D eigenvalue weighted by molar-refractivity contribution is 6.29. The molecule has 1 fully saturated rings. The lowest BCUT2D eigenvalue weighted by Crippen LogP contribution is -2.38. The second-order valence-electron chi connectivity index (χ2n) is 8.89. The molecule has 37 heavy (non-hydrogen) atoms. The lowest BCUT2D eigenvalue weighted by molar-refractivity contribution is -0.118. The molecule has 1 amide bonds. The van der Waals surface area contributed by atoms with E-state index in [9.17, 15) is 4.79 Å². The Labute approximate surface area is 215 Å². The zero-order chi connectivity index (χ0) is 25.5. The van der Waals surface area contributed by atoms with Crippen LogP contribution in [0.3, 0.4) is 0 Å². The van der Waals surface area contributed by atoms with Crippen LogP contribution in [0.1, 0.15) is 35.6 Å². The molecule has 0 unspecified atom stereocenters. The minimum absolute atomic E-state index is 0.0435. The van der Waals surface area contributed by atoms with Gasteiger partial charge in [-0.25, -0.2) is 14.1 Å². The minimum Gasteiger partial charge on any atom is -0.494 e. The van der Waals surface area contributed by atoms with Crippen LogP contribution in [0.4, 0.5) is 4.39 Å². The molecule has 11 nitrogen and oxygen atoms in total. The average molecular weight is 524 g/mol. The summed E-state index contributed by atoms with van der Waals surface area (Å²) in [5.74, 6) is -0.332. The van der Waals surface area contributed by atoms with E-state index in [1.165, 1.54) is 42.5 Å². The highest BCUT2D eigenvalue weighted by Crippen LogP contribution is 2.39. The molecule has 13 heteroatoms. The van der Waals surface area contributed by atoms with Crippen molar-refractivity contribution in [2.75, 3.05) is 7.11 Å². The van der Waals surface area contributed by atoms with Crippen molar-refractivity contribution >= 4 is 23.2 Å². The van der Waals surface area contributed by atoms with Crippen LogP contribution in [0.2, 0.25) is 5.15 Å². The van der Waals surface area contributed by atoms with E-state index in [0.717, 1.165) is 11.3 Å². The number of benzene rings is 1. The number of ether oxygens (including phenoxy) is 1. The molecule has 4 heterocycles. The lowest BCUT2D eigenvalue weighted by atomic mass is 10.1. The fraction of sp³-hybridized carbons (Fsp3) is 0.250. The number of imidazole rings is 1.